The lowest BCUT2D eigenvalue weighted by molar-refractivity contribution is -0.141. The van der Waals surface area contributed by atoms with Gasteiger partial charge in [0.2, 0.25) is 0 Å². The number of halogens is 2. The Hall–Kier alpha value is -0.540. The first-order valence-corrected chi connectivity index (χ1v) is 7.08. The Morgan fingerprint density at radius 2 is 1.88 bits per heavy atom. The summed E-state index contributed by atoms with van der Waals surface area (Å²) >= 11 is 8.03. The Morgan fingerprint density at radius 3 is 2.35 bits per heavy atom. The Morgan fingerprint density at radius 1 is 1.29 bits per heavy atom. The molecular weight excluding hydrogens is 303 g/mol. The number of alkyl halides is 1. The Labute approximate surface area is 115 Å². The van der Waals surface area contributed by atoms with E-state index in [2.05, 4.69) is 39.7 Å². The third-order valence-corrected chi connectivity index (χ3v) is 3.65. The SMILES string of the molecule is CCl.O=C(O)C1CCC(c2ccc(Br)cc2)C1. The average molecular weight is 320 g/mol. The van der Waals surface area contributed by atoms with E-state index in [1.165, 1.54) is 11.9 Å². The fourth-order valence-corrected chi connectivity index (χ4v) is 2.51. The minimum Gasteiger partial charge on any atom is -0.481 e. The van der Waals surface area contributed by atoms with Crippen LogP contribution in [0.15, 0.2) is 28.7 Å². The van der Waals surface area contributed by atoms with Crippen molar-refractivity contribution in [2.75, 3.05) is 6.38 Å². The molecule has 94 valence electrons. The van der Waals surface area contributed by atoms with Crippen molar-refractivity contribution >= 4 is 33.5 Å². The van der Waals surface area contributed by atoms with E-state index < -0.39 is 5.97 Å². The zero-order valence-corrected chi connectivity index (χ0v) is 12.0. The van der Waals surface area contributed by atoms with Crippen molar-refractivity contribution in [1.29, 1.82) is 0 Å². The highest BCUT2D eigenvalue weighted by Gasteiger charge is 2.30. The summed E-state index contributed by atoms with van der Waals surface area (Å²) in [5.74, 6) is -0.354. The van der Waals surface area contributed by atoms with Gasteiger partial charge in [0.1, 0.15) is 0 Å². The second kappa shape index (κ2) is 7.02. The highest BCUT2D eigenvalue weighted by molar-refractivity contribution is 9.10. The van der Waals surface area contributed by atoms with Crippen LogP contribution in [-0.4, -0.2) is 17.5 Å². The van der Waals surface area contributed by atoms with Gasteiger partial charge in [0.05, 0.1) is 5.92 Å². The van der Waals surface area contributed by atoms with Crippen LogP contribution in [0.4, 0.5) is 0 Å². The molecule has 2 rings (SSSR count). The zero-order valence-electron chi connectivity index (χ0n) is 9.70. The summed E-state index contributed by atoms with van der Waals surface area (Å²) in [5.41, 5.74) is 1.27. The second-order valence-corrected chi connectivity index (χ2v) is 5.01. The van der Waals surface area contributed by atoms with E-state index in [1.54, 1.807) is 0 Å². The number of rotatable bonds is 2. The fourth-order valence-electron chi connectivity index (χ4n) is 2.24. The van der Waals surface area contributed by atoms with Crippen LogP contribution in [-0.2, 0) is 4.79 Å². The molecule has 0 amide bonds. The van der Waals surface area contributed by atoms with Crippen LogP contribution < -0.4 is 0 Å². The summed E-state index contributed by atoms with van der Waals surface area (Å²) in [7, 11) is 0. The Balaban J connectivity index is 0.000000686. The van der Waals surface area contributed by atoms with E-state index in [9.17, 15) is 4.79 Å². The molecule has 1 N–H and O–H groups in total. The monoisotopic (exact) mass is 318 g/mol. The van der Waals surface area contributed by atoms with Gasteiger partial charge in [-0.2, -0.15) is 0 Å². The lowest BCUT2D eigenvalue weighted by atomic mass is 9.96. The summed E-state index contributed by atoms with van der Waals surface area (Å²) < 4.78 is 1.07. The van der Waals surface area contributed by atoms with E-state index in [-0.39, 0.29) is 5.92 Å². The third kappa shape index (κ3) is 4.00. The predicted molar refractivity (Wildman–Crippen MR) is 73.6 cm³/mol. The highest BCUT2D eigenvalue weighted by atomic mass is 79.9. The van der Waals surface area contributed by atoms with Crippen molar-refractivity contribution in [2.24, 2.45) is 5.92 Å². The van der Waals surface area contributed by atoms with E-state index in [0.29, 0.717) is 5.92 Å². The summed E-state index contributed by atoms with van der Waals surface area (Å²) in [4.78, 5) is 10.8. The molecule has 0 heterocycles. The van der Waals surface area contributed by atoms with E-state index in [4.69, 9.17) is 5.11 Å². The molecule has 1 aromatic rings. The first-order valence-electron chi connectivity index (χ1n) is 5.53. The number of benzene rings is 1. The first kappa shape index (κ1) is 14.5. The van der Waals surface area contributed by atoms with Crippen molar-refractivity contribution in [3.05, 3.63) is 34.3 Å². The topological polar surface area (TPSA) is 37.3 Å². The molecule has 0 aliphatic heterocycles. The lowest BCUT2D eigenvalue weighted by Gasteiger charge is -2.09. The van der Waals surface area contributed by atoms with Crippen molar-refractivity contribution < 1.29 is 9.90 Å². The van der Waals surface area contributed by atoms with Gasteiger partial charge in [0.25, 0.3) is 0 Å². The smallest absolute Gasteiger partial charge is 0.306 e. The van der Waals surface area contributed by atoms with Crippen LogP contribution in [0.2, 0.25) is 0 Å². The molecule has 0 saturated heterocycles. The van der Waals surface area contributed by atoms with Crippen LogP contribution in [0.5, 0.6) is 0 Å². The molecule has 0 bridgehead atoms. The lowest BCUT2D eigenvalue weighted by Crippen LogP contribution is -2.09. The summed E-state index contributed by atoms with van der Waals surface area (Å²) in [6.07, 6.45) is 4.08. The molecule has 0 aromatic heterocycles. The number of hydrogen-bond acceptors (Lipinski definition) is 1. The van der Waals surface area contributed by atoms with Gasteiger partial charge in [-0.05, 0) is 42.9 Å². The molecule has 2 atom stereocenters. The number of hydrogen-bond donors (Lipinski definition) is 1. The second-order valence-electron chi connectivity index (χ2n) is 4.10. The quantitative estimate of drug-likeness (QED) is 0.826. The molecule has 1 saturated carbocycles. The number of carbonyl (C=O) groups is 1. The summed E-state index contributed by atoms with van der Waals surface area (Å²) in [5, 5.41) is 8.91. The highest BCUT2D eigenvalue weighted by Crippen LogP contribution is 2.38. The molecule has 0 radical (unpaired) electrons. The number of carboxylic acid groups (broad SMARTS) is 1. The maximum Gasteiger partial charge on any atom is 0.306 e. The van der Waals surface area contributed by atoms with E-state index in [1.807, 2.05) is 12.1 Å². The van der Waals surface area contributed by atoms with Crippen LogP contribution in [0.1, 0.15) is 30.7 Å². The maximum atomic E-state index is 10.8. The van der Waals surface area contributed by atoms with Gasteiger partial charge >= 0.3 is 5.97 Å². The molecular formula is C13H16BrClO2. The number of carboxylic acids is 1. The summed E-state index contributed by atoms with van der Waals surface area (Å²) in [6, 6.07) is 8.20. The molecule has 0 spiro atoms. The number of aliphatic carboxylic acids is 1. The van der Waals surface area contributed by atoms with Crippen molar-refractivity contribution in [1.82, 2.24) is 0 Å². The van der Waals surface area contributed by atoms with Gasteiger partial charge in [0.15, 0.2) is 0 Å². The van der Waals surface area contributed by atoms with E-state index >= 15 is 0 Å². The molecule has 1 aromatic carbocycles. The Bertz CT molecular complexity index is 364. The predicted octanol–water partition coefficient (Wildman–Crippen LogP) is 4.27. The van der Waals surface area contributed by atoms with Crippen LogP contribution in [0, 0.1) is 5.92 Å². The zero-order chi connectivity index (χ0) is 12.8. The normalized spacial score (nSPS) is 22.8. The molecule has 1 aliphatic rings. The van der Waals surface area contributed by atoms with Gasteiger partial charge in [-0.3, -0.25) is 4.79 Å². The maximum absolute atomic E-state index is 10.8. The fraction of sp³-hybridized carbons (Fsp3) is 0.462. The average Bonchev–Trinajstić information content (AvgIpc) is 2.82. The van der Waals surface area contributed by atoms with Gasteiger partial charge in [-0.1, -0.05) is 28.1 Å². The van der Waals surface area contributed by atoms with Crippen molar-refractivity contribution in [3.8, 4) is 0 Å². The largest absolute Gasteiger partial charge is 0.481 e. The first-order chi connectivity index (χ1) is 8.16. The van der Waals surface area contributed by atoms with Crippen molar-refractivity contribution in [2.45, 2.75) is 25.2 Å². The Kier molecular flexibility index (Phi) is 6.00. The molecule has 2 nitrogen and oxygen atoms in total. The van der Waals surface area contributed by atoms with Gasteiger partial charge < -0.3 is 5.11 Å². The summed E-state index contributed by atoms with van der Waals surface area (Å²) in [6.45, 7) is 0. The van der Waals surface area contributed by atoms with Gasteiger partial charge in [-0.15, -0.1) is 11.6 Å². The molecule has 1 aliphatic carbocycles. The molecule has 4 heteroatoms. The van der Waals surface area contributed by atoms with E-state index in [0.717, 1.165) is 23.7 Å². The minimum absolute atomic E-state index is 0.140. The molecule has 2 unspecified atom stereocenters. The van der Waals surface area contributed by atoms with Crippen molar-refractivity contribution in [3.63, 3.8) is 0 Å². The van der Waals surface area contributed by atoms with Crippen LogP contribution in [0.3, 0.4) is 0 Å². The minimum atomic E-state index is -0.644. The van der Waals surface area contributed by atoms with Gasteiger partial charge in [-0.25, -0.2) is 0 Å². The standard InChI is InChI=1S/C12H13BrO2.CH3Cl/c13-11-5-3-8(4-6-11)9-1-2-10(7-9)12(14)15;1-2/h3-6,9-10H,1-2,7H2,(H,14,15);1H3. The molecule has 17 heavy (non-hydrogen) atoms. The molecule has 1 fully saturated rings. The van der Waals surface area contributed by atoms with Crippen LogP contribution in [0.25, 0.3) is 0 Å². The van der Waals surface area contributed by atoms with Gasteiger partial charge in [0, 0.05) is 10.9 Å². The third-order valence-electron chi connectivity index (χ3n) is 3.12. The van der Waals surface area contributed by atoms with Crippen LogP contribution >= 0.6 is 27.5 Å².